The third-order valence-corrected chi connectivity index (χ3v) is 8.76. The first kappa shape index (κ1) is 26.8. The van der Waals surface area contributed by atoms with Crippen LogP contribution in [0, 0.1) is 30.6 Å². The SMILES string of the molecule is CCCC(CC1CC(=O)c2c(C)ccc(C3=CC=C(CCC4CC4)C3)c2C1)C(CC)C(=O)CC(C)=O. The monoisotopic (exact) mass is 488 g/mol. The maximum atomic E-state index is 13.4. The Balaban J connectivity index is 1.52. The van der Waals surface area contributed by atoms with Gasteiger partial charge in [-0.25, -0.2) is 0 Å². The Labute approximate surface area is 217 Å². The highest BCUT2D eigenvalue weighted by Gasteiger charge is 2.34. The molecule has 0 amide bonds. The summed E-state index contributed by atoms with van der Waals surface area (Å²) in [6, 6.07) is 4.37. The second-order valence-electron chi connectivity index (χ2n) is 11.8. The molecule has 0 spiro atoms. The van der Waals surface area contributed by atoms with Crippen molar-refractivity contribution in [2.75, 3.05) is 0 Å². The first-order chi connectivity index (χ1) is 17.3. The predicted molar refractivity (Wildman–Crippen MR) is 147 cm³/mol. The zero-order valence-corrected chi connectivity index (χ0v) is 22.8. The number of ketones is 3. The van der Waals surface area contributed by atoms with E-state index < -0.39 is 0 Å². The minimum atomic E-state index is -0.0851. The van der Waals surface area contributed by atoms with Gasteiger partial charge in [0.05, 0.1) is 6.42 Å². The lowest BCUT2D eigenvalue weighted by Gasteiger charge is -2.32. The molecule has 0 radical (unpaired) electrons. The summed E-state index contributed by atoms with van der Waals surface area (Å²) in [7, 11) is 0. The van der Waals surface area contributed by atoms with Crippen LogP contribution < -0.4 is 0 Å². The van der Waals surface area contributed by atoms with Crippen molar-refractivity contribution in [1.82, 2.24) is 0 Å². The van der Waals surface area contributed by atoms with Crippen LogP contribution in [0.25, 0.3) is 5.57 Å². The molecule has 3 unspecified atom stereocenters. The second-order valence-corrected chi connectivity index (χ2v) is 11.8. The molecule has 0 aromatic heterocycles. The van der Waals surface area contributed by atoms with Crippen molar-refractivity contribution in [3.63, 3.8) is 0 Å². The molecule has 3 aliphatic carbocycles. The van der Waals surface area contributed by atoms with Gasteiger partial charge in [-0.15, -0.1) is 0 Å². The van der Waals surface area contributed by atoms with Gasteiger partial charge >= 0.3 is 0 Å². The molecule has 1 fully saturated rings. The van der Waals surface area contributed by atoms with E-state index >= 15 is 0 Å². The molecular formula is C33H44O3. The first-order valence-corrected chi connectivity index (χ1v) is 14.4. The molecule has 1 aromatic rings. The quantitative estimate of drug-likeness (QED) is 0.264. The van der Waals surface area contributed by atoms with Gasteiger partial charge < -0.3 is 0 Å². The molecule has 0 saturated heterocycles. The van der Waals surface area contributed by atoms with Crippen LogP contribution >= 0.6 is 0 Å². The Morgan fingerprint density at radius 1 is 1.06 bits per heavy atom. The Morgan fingerprint density at radius 3 is 2.50 bits per heavy atom. The standard InChI is InChI=1S/C33H44O3/c1-5-7-26(28(6-2)31(35)16-22(4)34)18-25-19-30-29(15-8-21(3)33(30)32(36)20-25)27-14-13-24(17-27)12-11-23-9-10-23/h8,13-15,23,25-26,28H,5-7,9-12,16-20H2,1-4H3. The molecule has 0 aliphatic heterocycles. The molecule has 36 heavy (non-hydrogen) atoms. The number of carbonyl (C=O) groups is 3. The fourth-order valence-electron chi connectivity index (χ4n) is 6.77. The van der Waals surface area contributed by atoms with E-state index in [1.165, 1.54) is 54.9 Å². The number of allylic oxidation sites excluding steroid dienone is 4. The van der Waals surface area contributed by atoms with Crippen LogP contribution in [-0.4, -0.2) is 17.3 Å². The topological polar surface area (TPSA) is 51.2 Å². The van der Waals surface area contributed by atoms with Crippen molar-refractivity contribution in [2.45, 2.75) is 105 Å². The van der Waals surface area contributed by atoms with Gasteiger partial charge in [-0.2, -0.15) is 0 Å². The number of carbonyl (C=O) groups excluding carboxylic acids is 3. The zero-order chi connectivity index (χ0) is 25.8. The molecule has 3 nitrogen and oxygen atoms in total. The summed E-state index contributed by atoms with van der Waals surface area (Å²) in [4.78, 5) is 38.0. The van der Waals surface area contributed by atoms with Gasteiger partial charge in [0.25, 0.3) is 0 Å². The van der Waals surface area contributed by atoms with E-state index in [1.54, 1.807) is 0 Å². The van der Waals surface area contributed by atoms with Crippen LogP contribution in [0.4, 0.5) is 0 Å². The normalized spacial score (nSPS) is 21.0. The third-order valence-electron chi connectivity index (χ3n) is 8.76. The highest BCUT2D eigenvalue weighted by molar-refractivity contribution is 6.01. The van der Waals surface area contributed by atoms with Crippen LogP contribution in [-0.2, 0) is 16.0 Å². The van der Waals surface area contributed by atoms with Crippen LogP contribution in [0.15, 0.2) is 29.9 Å². The molecule has 0 bridgehead atoms. The summed E-state index contributed by atoms with van der Waals surface area (Å²) in [6.07, 6.45) is 16.1. The maximum absolute atomic E-state index is 13.4. The molecular weight excluding hydrogens is 444 g/mol. The largest absolute Gasteiger partial charge is 0.300 e. The maximum Gasteiger partial charge on any atom is 0.163 e. The molecule has 1 aromatic carbocycles. The summed E-state index contributed by atoms with van der Waals surface area (Å²) >= 11 is 0. The van der Waals surface area contributed by atoms with E-state index in [0.29, 0.717) is 6.42 Å². The number of hydrogen-bond donors (Lipinski definition) is 0. The van der Waals surface area contributed by atoms with Gasteiger partial charge in [0.1, 0.15) is 11.6 Å². The van der Waals surface area contributed by atoms with E-state index in [4.69, 9.17) is 0 Å². The molecule has 0 heterocycles. The predicted octanol–water partition coefficient (Wildman–Crippen LogP) is 8.02. The van der Waals surface area contributed by atoms with Crippen LogP contribution in [0.2, 0.25) is 0 Å². The van der Waals surface area contributed by atoms with Crippen molar-refractivity contribution in [3.05, 3.63) is 52.1 Å². The summed E-state index contributed by atoms with van der Waals surface area (Å²) in [6.45, 7) is 7.80. The minimum Gasteiger partial charge on any atom is -0.300 e. The van der Waals surface area contributed by atoms with Gasteiger partial charge in [0.15, 0.2) is 5.78 Å². The average molecular weight is 489 g/mol. The van der Waals surface area contributed by atoms with Gasteiger partial charge in [-0.05, 0) is 92.4 Å². The fraction of sp³-hybridized carbons (Fsp3) is 0.606. The Morgan fingerprint density at radius 2 is 1.83 bits per heavy atom. The van der Waals surface area contributed by atoms with Crippen LogP contribution in [0.3, 0.4) is 0 Å². The fourth-order valence-corrected chi connectivity index (χ4v) is 6.77. The summed E-state index contributed by atoms with van der Waals surface area (Å²) in [5.41, 5.74) is 7.42. The van der Waals surface area contributed by atoms with Gasteiger partial charge in [-0.3, -0.25) is 14.4 Å². The van der Waals surface area contributed by atoms with E-state index in [1.807, 2.05) is 0 Å². The molecule has 3 atom stereocenters. The van der Waals surface area contributed by atoms with Gasteiger partial charge in [0, 0.05) is 17.9 Å². The molecule has 194 valence electrons. The third kappa shape index (κ3) is 6.33. The lowest BCUT2D eigenvalue weighted by Crippen LogP contribution is -2.30. The first-order valence-electron chi connectivity index (χ1n) is 14.4. The summed E-state index contributed by atoms with van der Waals surface area (Å²) in [5, 5.41) is 0. The molecule has 3 aliphatic rings. The Kier molecular flexibility index (Phi) is 8.80. The molecule has 0 N–H and O–H groups in total. The van der Waals surface area contributed by atoms with Crippen LogP contribution in [0.5, 0.6) is 0 Å². The number of hydrogen-bond acceptors (Lipinski definition) is 3. The zero-order valence-electron chi connectivity index (χ0n) is 22.8. The number of aryl methyl sites for hydroxylation is 1. The minimum absolute atomic E-state index is 0.0404. The number of benzene rings is 1. The number of Topliss-reactive ketones (excluding diaryl/α,β-unsaturated/α-hetero) is 3. The average Bonchev–Trinajstić information content (AvgIpc) is 3.53. The van der Waals surface area contributed by atoms with Gasteiger partial charge in [0.2, 0.25) is 0 Å². The highest BCUT2D eigenvalue weighted by Crippen LogP contribution is 2.42. The van der Waals surface area contributed by atoms with E-state index in [2.05, 4.69) is 45.1 Å². The molecule has 4 rings (SSSR count). The van der Waals surface area contributed by atoms with Crippen molar-refractivity contribution >= 4 is 22.9 Å². The summed E-state index contributed by atoms with van der Waals surface area (Å²) in [5.74, 6) is 1.66. The number of fused-ring (bicyclic) bond motifs is 1. The summed E-state index contributed by atoms with van der Waals surface area (Å²) < 4.78 is 0. The van der Waals surface area contributed by atoms with Gasteiger partial charge in [-0.1, -0.05) is 69.4 Å². The lowest BCUT2D eigenvalue weighted by atomic mass is 9.71. The smallest absolute Gasteiger partial charge is 0.163 e. The van der Waals surface area contributed by atoms with Crippen molar-refractivity contribution in [3.8, 4) is 0 Å². The van der Waals surface area contributed by atoms with E-state index in [9.17, 15) is 14.4 Å². The van der Waals surface area contributed by atoms with E-state index in [-0.39, 0.29) is 41.5 Å². The molecule has 3 heteroatoms. The molecule has 1 saturated carbocycles. The van der Waals surface area contributed by atoms with Crippen molar-refractivity contribution in [2.24, 2.45) is 23.7 Å². The number of rotatable bonds is 13. The van der Waals surface area contributed by atoms with E-state index in [0.717, 1.165) is 55.6 Å². The Hall–Kier alpha value is -2.29. The Bertz CT molecular complexity index is 1070. The van der Waals surface area contributed by atoms with Crippen LogP contribution in [0.1, 0.15) is 118 Å². The highest BCUT2D eigenvalue weighted by atomic mass is 16.1. The second kappa shape index (κ2) is 11.8. The van der Waals surface area contributed by atoms with Crippen molar-refractivity contribution in [1.29, 1.82) is 0 Å². The van der Waals surface area contributed by atoms with Crippen molar-refractivity contribution < 1.29 is 14.4 Å². The lowest BCUT2D eigenvalue weighted by molar-refractivity contribution is -0.129.